The minimum absolute atomic E-state index is 0.0466. The van der Waals surface area contributed by atoms with Gasteiger partial charge >= 0.3 is 12.0 Å². The Morgan fingerprint density at radius 2 is 1.89 bits per heavy atom. The van der Waals surface area contributed by atoms with Crippen LogP contribution in [0.2, 0.25) is 0 Å². The van der Waals surface area contributed by atoms with Crippen molar-refractivity contribution in [3.8, 4) is 0 Å². The first-order chi connectivity index (χ1) is 13.1. The lowest BCUT2D eigenvalue weighted by atomic mass is 10.1. The number of urea groups is 1. The minimum atomic E-state index is -1.18. The first kappa shape index (κ1) is 23.3. The maximum Gasteiger partial charge on any atom is 0.326 e. The number of carbonyl (C=O) groups is 3. The highest BCUT2D eigenvalue weighted by Crippen LogP contribution is 2.19. The number of carbonyl (C=O) groups excluding carboxylic acids is 2. The molecule has 0 radical (unpaired) electrons. The van der Waals surface area contributed by atoms with E-state index in [1.54, 1.807) is 13.8 Å². The standard InChI is InChI=1S/C16H29N7O5/c1-8(2)12(15(25)26)21-16(27)20-10(7-11(19)24)14-22-13(23-28-14)9(18)5-3-4-6-17/h8-10,12H,3-7,17-18H2,1-2H3,(H2,19,24)(H,25,26)(H2,20,21,27)/t9-,10-,12?/m0/s1. The molecule has 9 N–H and O–H groups in total. The number of primary amides is 1. The first-order valence-corrected chi connectivity index (χ1v) is 9.03. The van der Waals surface area contributed by atoms with Crippen LogP contribution in [0, 0.1) is 5.92 Å². The highest BCUT2D eigenvalue weighted by atomic mass is 16.5. The Kier molecular flexibility index (Phi) is 9.32. The number of nitrogens with zero attached hydrogens (tertiary/aromatic N) is 2. The number of aliphatic carboxylic acids is 1. The molecule has 3 amide bonds. The monoisotopic (exact) mass is 399 g/mol. The number of amides is 3. The first-order valence-electron chi connectivity index (χ1n) is 9.03. The number of hydrogen-bond acceptors (Lipinski definition) is 8. The molecule has 1 aromatic rings. The predicted octanol–water partition coefficient (Wildman–Crippen LogP) is -0.477. The average molecular weight is 399 g/mol. The second kappa shape index (κ2) is 11.2. The van der Waals surface area contributed by atoms with E-state index in [2.05, 4.69) is 20.8 Å². The third kappa shape index (κ3) is 7.48. The molecule has 3 atom stereocenters. The highest BCUT2D eigenvalue weighted by Gasteiger charge is 2.28. The molecule has 0 aliphatic carbocycles. The summed E-state index contributed by atoms with van der Waals surface area (Å²) in [7, 11) is 0. The van der Waals surface area contributed by atoms with Gasteiger partial charge in [-0.3, -0.25) is 4.79 Å². The van der Waals surface area contributed by atoms with E-state index in [0.29, 0.717) is 13.0 Å². The lowest BCUT2D eigenvalue weighted by Gasteiger charge is -2.20. The van der Waals surface area contributed by atoms with Crippen LogP contribution in [0.4, 0.5) is 4.79 Å². The topological polar surface area (TPSA) is 212 Å². The Morgan fingerprint density at radius 1 is 1.21 bits per heavy atom. The summed E-state index contributed by atoms with van der Waals surface area (Å²) >= 11 is 0. The lowest BCUT2D eigenvalue weighted by molar-refractivity contribution is -0.140. The zero-order valence-electron chi connectivity index (χ0n) is 16.1. The molecular weight excluding hydrogens is 370 g/mol. The molecular formula is C16H29N7O5. The number of carboxylic acids is 1. The summed E-state index contributed by atoms with van der Waals surface area (Å²) in [6, 6.07) is -3.41. The summed E-state index contributed by atoms with van der Waals surface area (Å²) in [6.07, 6.45) is 1.89. The van der Waals surface area contributed by atoms with Gasteiger partial charge in [0.25, 0.3) is 0 Å². The summed E-state index contributed by atoms with van der Waals surface area (Å²) in [5.41, 5.74) is 16.7. The van der Waals surface area contributed by atoms with Crippen LogP contribution in [0.15, 0.2) is 4.52 Å². The zero-order chi connectivity index (χ0) is 21.3. The zero-order valence-corrected chi connectivity index (χ0v) is 16.1. The van der Waals surface area contributed by atoms with Crippen molar-refractivity contribution in [2.75, 3.05) is 6.54 Å². The van der Waals surface area contributed by atoms with E-state index in [9.17, 15) is 14.4 Å². The Bertz CT molecular complexity index is 664. The van der Waals surface area contributed by atoms with E-state index in [-0.39, 0.29) is 24.1 Å². The maximum atomic E-state index is 12.2. The summed E-state index contributed by atoms with van der Waals surface area (Å²) in [5.74, 6) is -2.06. The van der Waals surface area contributed by atoms with Gasteiger partial charge in [0.05, 0.1) is 12.5 Å². The van der Waals surface area contributed by atoms with Crippen LogP contribution in [0.25, 0.3) is 0 Å². The van der Waals surface area contributed by atoms with Crippen molar-refractivity contribution in [2.45, 2.75) is 57.7 Å². The second-order valence-electron chi connectivity index (χ2n) is 6.78. The SMILES string of the molecule is CC(C)C(NC(=O)N[C@@H](CC(N)=O)c1nc([C@@H](N)CCCCN)no1)C(=O)O. The quantitative estimate of drug-likeness (QED) is 0.250. The van der Waals surface area contributed by atoms with Crippen LogP contribution < -0.4 is 27.8 Å². The molecule has 0 saturated carbocycles. The van der Waals surface area contributed by atoms with E-state index in [0.717, 1.165) is 12.8 Å². The van der Waals surface area contributed by atoms with Crippen LogP contribution in [0.1, 0.15) is 63.3 Å². The molecule has 12 heteroatoms. The molecule has 158 valence electrons. The smallest absolute Gasteiger partial charge is 0.326 e. The molecule has 0 aromatic carbocycles. The van der Waals surface area contributed by atoms with Gasteiger partial charge in [-0.05, 0) is 25.3 Å². The summed E-state index contributed by atoms with van der Waals surface area (Å²) in [6.45, 7) is 3.85. The fourth-order valence-corrected chi connectivity index (χ4v) is 2.43. The molecule has 12 nitrogen and oxygen atoms in total. The van der Waals surface area contributed by atoms with Gasteiger partial charge in [-0.1, -0.05) is 25.4 Å². The summed E-state index contributed by atoms with van der Waals surface area (Å²) in [5, 5.41) is 17.7. The van der Waals surface area contributed by atoms with Crippen molar-refractivity contribution in [3.63, 3.8) is 0 Å². The van der Waals surface area contributed by atoms with E-state index >= 15 is 0 Å². The molecule has 0 spiro atoms. The predicted molar refractivity (Wildman–Crippen MR) is 98.6 cm³/mol. The van der Waals surface area contributed by atoms with Gasteiger partial charge in [-0.2, -0.15) is 4.98 Å². The lowest BCUT2D eigenvalue weighted by Crippen LogP contribution is -2.49. The summed E-state index contributed by atoms with van der Waals surface area (Å²) < 4.78 is 5.12. The van der Waals surface area contributed by atoms with Gasteiger partial charge in [0.2, 0.25) is 11.8 Å². The molecule has 1 rings (SSSR count). The van der Waals surface area contributed by atoms with Crippen molar-refractivity contribution >= 4 is 17.9 Å². The molecule has 1 aromatic heterocycles. The Hall–Kier alpha value is -2.73. The van der Waals surface area contributed by atoms with Gasteiger partial charge < -0.3 is 37.5 Å². The van der Waals surface area contributed by atoms with Crippen molar-refractivity contribution in [1.29, 1.82) is 0 Å². The van der Waals surface area contributed by atoms with E-state index in [1.165, 1.54) is 0 Å². The van der Waals surface area contributed by atoms with Crippen molar-refractivity contribution in [3.05, 3.63) is 11.7 Å². The van der Waals surface area contributed by atoms with Gasteiger partial charge in [0.15, 0.2) is 5.82 Å². The second-order valence-corrected chi connectivity index (χ2v) is 6.78. The molecule has 1 unspecified atom stereocenters. The number of nitrogens with one attached hydrogen (secondary N) is 2. The molecule has 28 heavy (non-hydrogen) atoms. The van der Waals surface area contributed by atoms with Gasteiger partial charge in [0, 0.05) is 0 Å². The summed E-state index contributed by atoms with van der Waals surface area (Å²) in [4.78, 5) is 38.9. The number of rotatable bonds is 12. The molecule has 0 aliphatic rings. The number of nitrogens with two attached hydrogens (primary N) is 3. The van der Waals surface area contributed by atoms with Crippen molar-refractivity contribution < 1.29 is 24.0 Å². The fourth-order valence-electron chi connectivity index (χ4n) is 2.43. The normalized spacial score (nSPS) is 14.3. The minimum Gasteiger partial charge on any atom is -0.480 e. The Morgan fingerprint density at radius 3 is 2.43 bits per heavy atom. The number of carboxylic acid groups (broad SMARTS) is 1. The van der Waals surface area contributed by atoms with Crippen LogP contribution in [-0.4, -0.2) is 45.7 Å². The van der Waals surface area contributed by atoms with Crippen LogP contribution in [-0.2, 0) is 9.59 Å². The molecule has 0 saturated heterocycles. The van der Waals surface area contributed by atoms with Crippen molar-refractivity contribution in [2.24, 2.45) is 23.1 Å². The fraction of sp³-hybridized carbons (Fsp3) is 0.688. The number of aromatic nitrogens is 2. The Labute approximate surface area is 162 Å². The van der Waals surface area contributed by atoms with Crippen molar-refractivity contribution in [1.82, 2.24) is 20.8 Å². The third-order valence-corrected chi connectivity index (χ3v) is 3.99. The Balaban J connectivity index is 2.84. The van der Waals surface area contributed by atoms with Crippen LogP contribution in [0.5, 0.6) is 0 Å². The van der Waals surface area contributed by atoms with E-state index in [1.807, 2.05) is 0 Å². The molecule has 0 aliphatic heterocycles. The molecule has 0 fully saturated rings. The highest BCUT2D eigenvalue weighted by molar-refractivity contribution is 5.83. The largest absolute Gasteiger partial charge is 0.480 e. The van der Waals surface area contributed by atoms with Gasteiger partial charge in [0.1, 0.15) is 12.1 Å². The van der Waals surface area contributed by atoms with E-state index < -0.39 is 36.0 Å². The molecule has 0 bridgehead atoms. The average Bonchev–Trinajstić information content (AvgIpc) is 3.08. The van der Waals surface area contributed by atoms with Gasteiger partial charge in [-0.15, -0.1) is 0 Å². The number of hydrogen-bond donors (Lipinski definition) is 6. The maximum absolute atomic E-state index is 12.2. The van der Waals surface area contributed by atoms with Crippen LogP contribution >= 0.6 is 0 Å². The third-order valence-electron chi connectivity index (χ3n) is 3.99. The van der Waals surface area contributed by atoms with Gasteiger partial charge in [-0.25, -0.2) is 9.59 Å². The van der Waals surface area contributed by atoms with E-state index in [4.69, 9.17) is 26.8 Å². The van der Waals surface area contributed by atoms with Crippen LogP contribution in [0.3, 0.4) is 0 Å². The number of unbranched alkanes of at least 4 members (excludes halogenated alkanes) is 1. The molecule has 1 heterocycles.